The molecule has 2 unspecified atom stereocenters. The lowest BCUT2D eigenvalue weighted by atomic mass is 9.84. The number of ketones is 1. The molecular formula is C17H22O2S. The minimum Gasteiger partial charge on any atom is -0.294 e. The van der Waals surface area contributed by atoms with Crippen LogP contribution in [-0.4, -0.2) is 20.5 Å². The average Bonchev–Trinajstić information content (AvgIpc) is 2.41. The van der Waals surface area contributed by atoms with Gasteiger partial charge in [0.25, 0.3) is 0 Å². The van der Waals surface area contributed by atoms with E-state index >= 15 is 0 Å². The zero-order valence-corrected chi connectivity index (χ0v) is 13.0. The molecule has 2 fully saturated rings. The van der Waals surface area contributed by atoms with Crippen molar-refractivity contribution in [2.24, 2.45) is 5.92 Å². The molecule has 1 aromatic rings. The fourth-order valence-corrected chi connectivity index (χ4v) is 5.76. The van der Waals surface area contributed by atoms with Gasteiger partial charge in [0.05, 0.1) is 0 Å². The zero-order chi connectivity index (χ0) is 14.3. The summed E-state index contributed by atoms with van der Waals surface area (Å²) >= 11 is 0. The van der Waals surface area contributed by atoms with Crippen LogP contribution < -0.4 is 0 Å². The van der Waals surface area contributed by atoms with Crippen LogP contribution >= 0.6 is 0 Å². The maximum Gasteiger partial charge on any atom is 0.166 e. The van der Waals surface area contributed by atoms with Crippen molar-refractivity contribution < 1.29 is 9.00 Å². The third-order valence-corrected chi connectivity index (χ3v) is 7.14. The Morgan fingerprint density at radius 2 is 1.75 bits per heavy atom. The van der Waals surface area contributed by atoms with Crippen LogP contribution in [-0.2, 0) is 10.8 Å². The first-order valence-corrected chi connectivity index (χ1v) is 8.84. The molecule has 2 bridgehead atoms. The summed E-state index contributed by atoms with van der Waals surface area (Å²) in [5.74, 6) is 0.354. The molecule has 0 N–H and O–H groups in total. The van der Waals surface area contributed by atoms with Gasteiger partial charge in [-0.2, -0.15) is 0 Å². The van der Waals surface area contributed by atoms with Crippen LogP contribution in [0.3, 0.4) is 0 Å². The van der Waals surface area contributed by atoms with Crippen LogP contribution in [0.1, 0.15) is 53.6 Å². The Bertz CT molecular complexity index is 548. The van der Waals surface area contributed by atoms with Gasteiger partial charge in [-0.3, -0.25) is 9.00 Å². The lowest BCUT2D eigenvalue weighted by Gasteiger charge is -2.37. The van der Waals surface area contributed by atoms with Gasteiger partial charge in [0.2, 0.25) is 0 Å². The van der Waals surface area contributed by atoms with Gasteiger partial charge in [0, 0.05) is 32.8 Å². The highest BCUT2D eigenvalue weighted by molar-refractivity contribution is 7.86. The van der Waals surface area contributed by atoms with E-state index < -0.39 is 10.8 Å². The van der Waals surface area contributed by atoms with Gasteiger partial charge in [-0.15, -0.1) is 0 Å². The van der Waals surface area contributed by atoms with Crippen molar-refractivity contribution in [3.8, 4) is 0 Å². The lowest BCUT2D eigenvalue weighted by Crippen LogP contribution is -2.41. The Balaban J connectivity index is 1.81. The third-order valence-electron chi connectivity index (χ3n) is 4.97. The van der Waals surface area contributed by atoms with E-state index in [1.807, 2.05) is 18.2 Å². The van der Waals surface area contributed by atoms with Crippen molar-refractivity contribution in [3.05, 3.63) is 34.9 Å². The normalized spacial score (nSPS) is 32.9. The molecule has 0 saturated carbocycles. The molecule has 2 aliphatic heterocycles. The SMILES string of the molecule is Cc1ccc(C(=O)C2CC3CCCC(C2)S3=O)cc1C. The quantitative estimate of drug-likeness (QED) is 0.780. The molecule has 2 saturated heterocycles. The van der Waals surface area contributed by atoms with E-state index in [4.69, 9.17) is 0 Å². The number of hydrogen-bond acceptors (Lipinski definition) is 2. The molecule has 108 valence electrons. The van der Waals surface area contributed by atoms with E-state index in [9.17, 15) is 9.00 Å². The van der Waals surface area contributed by atoms with Crippen molar-refractivity contribution in [1.82, 2.24) is 0 Å². The first-order valence-electron chi connectivity index (χ1n) is 7.57. The molecule has 0 spiro atoms. The standard InChI is InChI=1S/C17H22O2S/c1-11-6-7-13(8-12(11)2)17(18)14-9-15-4-3-5-16(10-14)20(15)19/h6-8,14-16H,3-5,9-10H2,1-2H3. The molecular weight excluding hydrogens is 268 g/mol. The number of benzene rings is 1. The van der Waals surface area contributed by atoms with Crippen molar-refractivity contribution in [3.63, 3.8) is 0 Å². The van der Waals surface area contributed by atoms with E-state index in [2.05, 4.69) is 13.8 Å². The molecule has 2 atom stereocenters. The first kappa shape index (κ1) is 14.0. The smallest absolute Gasteiger partial charge is 0.166 e. The molecule has 0 aliphatic carbocycles. The van der Waals surface area contributed by atoms with Crippen LogP contribution in [0, 0.1) is 19.8 Å². The van der Waals surface area contributed by atoms with Crippen molar-refractivity contribution in [1.29, 1.82) is 0 Å². The second kappa shape index (κ2) is 5.44. The zero-order valence-electron chi connectivity index (χ0n) is 12.2. The van der Waals surface area contributed by atoms with Crippen molar-refractivity contribution in [2.75, 3.05) is 0 Å². The first-order chi connectivity index (χ1) is 9.56. The summed E-state index contributed by atoms with van der Waals surface area (Å²) in [6, 6.07) is 6.00. The predicted octanol–water partition coefficient (Wildman–Crippen LogP) is 3.57. The highest BCUT2D eigenvalue weighted by Crippen LogP contribution is 2.38. The molecule has 0 aromatic heterocycles. The Hall–Kier alpha value is -0.960. The van der Waals surface area contributed by atoms with Gasteiger partial charge in [-0.25, -0.2) is 0 Å². The number of fused-ring (bicyclic) bond motifs is 2. The molecule has 20 heavy (non-hydrogen) atoms. The summed E-state index contributed by atoms with van der Waals surface area (Å²) in [4.78, 5) is 12.7. The van der Waals surface area contributed by atoms with Gasteiger partial charge in [-0.1, -0.05) is 18.6 Å². The van der Waals surface area contributed by atoms with E-state index in [1.165, 1.54) is 17.5 Å². The van der Waals surface area contributed by atoms with Gasteiger partial charge in [0.1, 0.15) is 0 Å². The van der Waals surface area contributed by atoms with E-state index in [1.54, 1.807) is 0 Å². The summed E-state index contributed by atoms with van der Waals surface area (Å²) < 4.78 is 12.2. The number of rotatable bonds is 2. The van der Waals surface area contributed by atoms with E-state index in [-0.39, 0.29) is 22.2 Å². The summed E-state index contributed by atoms with van der Waals surface area (Å²) in [7, 11) is -0.690. The Morgan fingerprint density at radius 1 is 1.10 bits per heavy atom. The molecule has 0 radical (unpaired) electrons. The largest absolute Gasteiger partial charge is 0.294 e. The summed E-state index contributed by atoms with van der Waals surface area (Å²) in [5, 5.41) is 0.533. The molecule has 3 rings (SSSR count). The summed E-state index contributed by atoms with van der Waals surface area (Å²) in [6.45, 7) is 4.12. The molecule has 2 heterocycles. The van der Waals surface area contributed by atoms with Crippen LogP contribution in [0.15, 0.2) is 18.2 Å². The Morgan fingerprint density at radius 3 is 2.35 bits per heavy atom. The third kappa shape index (κ3) is 2.48. The number of carbonyl (C=O) groups is 1. The van der Waals surface area contributed by atoms with Gasteiger partial charge >= 0.3 is 0 Å². The maximum atomic E-state index is 12.7. The number of Topliss-reactive ketones (excluding diaryl/α,β-unsaturated/α-hetero) is 1. The van der Waals surface area contributed by atoms with Crippen LogP contribution in [0.5, 0.6) is 0 Å². The number of carbonyl (C=O) groups excluding carboxylic acids is 1. The van der Waals surface area contributed by atoms with Crippen LogP contribution in [0.25, 0.3) is 0 Å². The average molecular weight is 290 g/mol. The van der Waals surface area contributed by atoms with Gasteiger partial charge in [-0.05, 0) is 56.7 Å². The van der Waals surface area contributed by atoms with Crippen LogP contribution in [0.2, 0.25) is 0 Å². The van der Waals surface area contributed by atoms with Gasteiger partial charge < -0.3 is 0 Å². The maximum absolute atomic E-state index is 12.7. The van der Waals surface area contributed by atoms with E-state index in [0.29, 0.717) is 0 Å². The minimum absolute atomic E-state index is 0.0881. The van der Waals surface area contributed by atoms with Crippen LogP contribution in [0.4, 0.5) is 0 Å². The number of aryl methyl sites for hydroxylation is 2. The molecule has 3 heteroatoms. The highest BCUT2D eigenvalue weighted by Gasteiger charge is 2.40. The number of hydrogen-bond donors (Lipinski definition) is 0. The van der Waals surface area contributed by atoms with Crippen molar-refractivity contribution >= 4 is 16.6 Å². The van der Waals surface area contributed by atoms with E-state index in [0.717, 1.165) is 31.2 Å². The highest BCUT2D eigenvalue weighted by atomic mass is 32.2. The monoisotopic (exact) mass is 290 g/mol. The van der Waals surface area contributed by atoms with Gasteiger partial charge in [0.15, 0.2) is 5.78 Å². The fraction of sp³-hybridized carbons (Fsp3) is 0.588. The summed E-state index contributed by atoms with van der Waals surface area (Å²) in [6.07, 6.45) is 4.93. The van der Waals surface area contributed by atoms with Crippen molar-refractivity contribution in [2.45, 2.75) is 56.5 Å². The minimum atomic E-state index is -0.690. The molecule has 0 amide bonds. The summed E-state index contributed by atoms with van der Waals surface area (Å²) in [5.41, 5.74) is 3.24. The topological polar surface area (TPSA) is 34.1 Å². The molecule has 1 aromatic carbocycles. The Labute approximate surface area is 123 Å². The second-order valence-corrected chi connectivity index (χ2v) is 8.33. The predicted molar refractivity (Wildman–Crippen MR) is 82.5 cm³/mol. The molecule has 2 aliphatic rings. The molecule has 2 nitrogen and oxygen atoms in total. The lowest BCUT2D eigenvalue weighted by molar-refractivity contribution is 0.0895. The fourth-order valence-electron chi connectivity index (χ4n) is 3.58. The second-order valence-electron chi connectivity index (χ2n) is 6.34. The Kier molecular flexibility index (Phi) is 3.80.